The molecule has 140 valence electrons. The molecule has 1 aliphatic rings. The summed E-state index contributed by atoms with van der Waals surface area (Å²) < 4.78 is 11.0. The highest BCUT2D eigenvalue weighted by molar-refractivity contribution is 6.12. The number of carbonyl (C=O) groups is 1. The molecule has 3 rings (SSSR count). The quantitative estimate of drug-likeness (QED) is 0.341. The molecule has 0 saturated carbocycles. The fourth-order valence-electron chi connectivity index (χ4n) is 2.83. The van der Waals surface area contributed by atoms with Gasteiger partial charge in [0.15, 0.2) is 5.70 Å². The molecule has 4 nitrogen and oxygen atoms in total. The van der Waals surface area contributed by atoms with Crippen molar-refractivity contribution in [3.05, 3.63) is 71.4 Å². The minimum absolute atomic E-state index is 0.304. The number of rotatable bonds is 9. The number of hydrogen-bond donors (Lipinski definition) is 0. The number of aliphatic imine (C=N–C) groups is 1. The molecule has 1 heterocycles. The van der Waals surface area contributed by atoms with Crippen molar-refractivity contribution in [2.75, 3.05) is 6.61 Å². The summed E-state index contributed by atoms with van der Waals surface area (Å²) in [5.74, 6) is 0.756. The SMILES string of the molecule is CCCCCCCOc1ccc(/C=C2/N=C(c3ccccc3)OC2=O)cc1. The highest BCUT2D eigenvalue weighted by Gasteiger charge is 2.23. The summed E-state index contributed by atoms with van der Waals surface area (Å²) in [6.07, 6.45) is 7.83. The van der Waals surface area contributed by atoms with Crippen molar-refractivity contribution in [1.29, 1.82) is 0 Å². The molecule has 0 atom stereocenters. The maximum atomic E-state index is 12.0. The van der Waals surface area contributed by atoms with Crippen LogP contribution in [0.25, 0.3) is 6.08 Å². The third-order valence-electron chi connectivity index (χ3n) is 4.34. The molecular formula is C23H25NO3. The molecule has 4 heteroatoms. The zero-order chi connectivity index (χ0) is 18.9. The second-order valence-electron chi connectivity index (χ2n) is 6.53. The van der Waals surface area contributed by atoms with Gasteiger partial charge in [0.05, 0.1) is 6.61 Å². The zero-order valence-corrected chi connectivity index (χ0v) is 15.7. The third kappa shape index (κ3) is 5.55. The standard InChI is InChI=1S/C23H25NO3/c1-2-3-4-5-9-16-26-20-14-12-18(13-15-20)17-21-23(25)27-22(24-21)19-10-7-6-8-11-19/h6-8,10-15,17H,2-5,9,16H2,1H3/b21-17+. The van der Waals surface area contributed by atoms with Gasteiger partial charge < -0.3 is 9.47 Å². The van der Waals surface area contributed by atoms with E-state index in [1.807, 2.05) is 54.6 Å². The van der Waals surface area contributed by atoms with E-state index in [1.54, 1.807) is 6.08 Å². The van der Waals surface area contributed by atoms with Crippen LogP contribution in [-0.4, -0.2) is 18.5 Å². The second-order valence-corrected chi connectivity index (χ2v) is 6.53. The largest absolute Gasteiger partial charge is 0.494 e. The summed E-state index contributed by atoms with van der Waals surface area (Å²) in [6.45, 7) is 2.95. The van der Waals surface area contributed by atoms with Crippen molar-refractivity contribution < 1.29 is 14.3 Å². The van der Waals surface area contributed by atoms with Crippen LogP contribution in [0.15, 0.2) is 65.3 Å². The van der Waals surface area contributed by atoms with Crippen LogP contribution < -0.4 is 4.74 Å². The first-order valence-corrected chi connectivity index (χ1v) is 9.57. The molecule has 0 unspecified atom stereocenters. The minimum atomic E-state index is -0.429. The molecule has 0 amide bonds. The van der Waals surface area contributed by atoms with Gasteiger partial charge >= 0.3 is 5.97 Å². The van der Waals surface area contributed by atoms with Crippen LogP contribution in [0.5, 0.6) is 5.75 Å². The van der Waals surface area contributed by atoms with E-state index in [0.29, 0.717) is 11.6 Å². The summed E-state index contributed by atoms with van der Waals surface area (Å²) in [6, 6.07) is 17.1. The Bertz CT molecular complexity index is 807. The molecule has 0 fully saturated rings. The minimum Gasteiger partial charge on any atom is -0.494 e. The van der Waals surface area contributed by atoms with Gasteiger partial charge in [-0.3, -0.25) is 0 Å². The van der Waals surface area contributed by atoms with E-state index in [4.69, 9.17) is 9.47 Å². The normalized spacial score (nSPS) is 14.9. The topological polar surface area (TPSA) is 47.9 Å². The Morgan fingerprint density at radius 3 is 2.44 bits per heavy atom. The number of nitrogens with zero attached hydrogens (tertiary/aromatic N) is 1. The highest BCUT2D eigenvalue weighted by atomic mass is 16.6. The van der Waals surface area contributed by atoms with E-state index >= 15 is 0 Å². The Balaban J connectivity index is 1.57. The van der Waals surface area contributed by atoms with E-state index in [2.05, 4.69) is 11.9 Å². The number of ether oxygens (including phenoxy) is 2. The van der Waals surface area contributed by atoms with Gasteiger partial charge in [0.1, 0.15) is 5.75 Å². The van der Waals surface area contributed by atoms with Crippen LogP contribution in [0.2, 0.25) is 0 Å². The summed E-state index contributed by atoms with van der Waals surface area (Å²) in [5.41, 5.74) is 1.98. The molecule has 0 radical (unpaired) electrons. The Morgan fingerprint density at radius 2 is 1.70 bits per heavy atom. The second kappa shape index (κ2) is 9.72. The molecule has 0 saturated heterocycles. The van der Waals surface area contributed by atoms with Crippen molar-refractivity contribution in [2.24, 2.45) is 4.99 Å². The van der Waals surface area contributed by atoms with Crippen molar-refractivity contribution in [3.63, 3.8) is 0 Å². The highest BCUT2D eigenvalue weighted by Crippen LogP contribution is 2.20. The molecule has 0 N–H and O–H groups in total. The van der Waals surface area contributed by atoms with Gasteiger partial charge in [0, 0.05) is 5.56 Å². The van der Waals surface area contributed by atoms with Gasteiger partial charge in [-0.2, -0.15) is 0 Å². The predicted octanol–water partition coefficient (Wildman–Crippen LogP) is 5.38. The first kappa shape index (κ1) is 18.9. The van der Waals surface area contributed by atoms with E-state index in [1.165, 1.54) is 25.7 Å². The Kier molecular flexibility index (Phi) is 6.80. The smallest absolute Gasteiger partial charge is 0.363 e. The van der Waals surface area contributed by atoms with E-state index in [0.717, 1.165) is 29.9 Å². The molecule has 0 bridgehead atoms. The van der Waals surface area contributed by atoms with Crippen molar-refractivity contribution in [1.82, 2.24) is 0 Å². The fourth-order valence-corrected chi connectivity index (χ4v) is 2.83. The summed E-state index contributed by atoms with van der Waals surface area (Å²) in [4.78, 5) is 16.4. The maximum Gasteiger partial charge on any atom is 0.363 e. The lowest BCUT2D eigenvalue weighted by molar-refractivity contribution is -0.129. The van der Waals surface area contributed by atoms with Gasteiger partial charge in [0.25, 0.3) is 0 Å². The number of cyclic esters (lactones) is 1. The molecule has 27 heavy (non-hydrogen) atoms. The van der Waals surface area contributed by atoms with Gasteiger partial charge in [0.2, 0.25) is 5.90 Å². The predicted molar refractivity (Wildman–Crippen MR) is 108 cm³/mol. The number of benzene rings is 2. The van der Waals surface area contributed by atoms with Gasteiger partial charge in [-0.1, -0.05) is 62.9 Å². The average molecular weight is 363 g/mol. The average Bonchev–Trinajstić information content (AvgIpc) is 3.07. The lowest BCUT2D eigenvalue weighted by Gasteiger charge is -2.06. The van der Waals surface area contributed by atoms with E-state index < -0.39 is 5.97 Å². The molecule has 0 aliphatic carbocycles. The summed E-state index contributed by atoms with van der Waals surface area (Å²) in [7, 11) is 0. The maximum absolute atomic E-state index is 12.0. The van der Waals surface area contributed by atoms with Crippen LogP contribution in [0.4, 0.5) is 0 Å². The number of carbonyl (C=O) groups excluding carboxylic acids is 1. The number of unbranched alkanes of at least 4 members (excludes halogenated alkanes) is 4. The van der Waals surface area contributed by atoms with Crippen LogP contribution in [0, 0.1) is 0 Å². The zero-order valence-electron chi connectivity index (χ0n) is 15.7. The molecule has 1 aliphatic heterocycles. The van der Waals surface area contributed by atoms with E-state index in [-0.39, 0.29) is 0 Å². The van der Waals surface area contributed by atoms with Crippen LogP contribution in [0.3, 0.4) is 0 Å². The summed E-state index contributed by atoms with van der Waals surface area (Å²) in [5, 5.41) is 0. The first-order chi connectivity index (χ1) is 13.3. The number of esters is 1. The molecule has 2 aromatic carbocycles. The monoisotopic (exact) mass is 363 g/mol. The van der Waals surface area contributed by atoms with Crippen molar-refractivity contribution in [3.8, 4) is 5.75 Å². The van der Waals surface area contributed by atoms with E-state index in [9.17, 15) is 4.79 Å². The number of hydrogen-bond acceptors (Lipinski definition) is 4. The molecule has 0 spiro atoms. The Labute approximate surface area is 160 Å². The first-order valence-electron chi connectivity index (χ1n) is 9.57. The van der Waals surface area contributed by atoms with Gasteiger partial charge in [-0.25, -0.2) is 9.79 Å². The lowest BCUT2D eigenvalue weighted by Crippen LogP contribution is -2.04. The Hall–Kier alpha value is -2.88. The van der Waals surface area contributed by atoms with Crippen LogP contribution in [0.1, 0.15) is 50.2 Å². The van der Waals surface area contributed by atoms with Crippen molar-refractivity contribution in [2.45, 2.75) is 39.0 Å². The van der Waals surface area contributed by atoms with Crippen LogP contribution in [-0.2, 0) is 9.53 Å². The lowest BCUT2D eigenvalue weighted by atomic mass is 10.1. The summed E-state index contributed by atoms with van der Waals surface area (Å²) >= 11 is 0. The Morgan fingerprint density at radius 1 is 0.963 bits per heavy atom. The molecular weight excluding hydrogens is 338 g/mol. The third-order valence-corrected chi connectivity index (χ3v) is 4.34. The van der Waals surface area contributed by atoms with Gasteiger partial charge in [-0.15, -0.1) is 0 Å². The van der Waals surface area contributed by atoms with Gasteiger partial charge in [-0.05, 0) is 42.3 Å². The molecule has 2 aromatic rings. The fraction of sp³-hybridized carbons (Fsp3) is 0.304. The molecule has 0 aromatic heterocycles. The van der Waals surface area contributed by atoms with Crippen LogP contribution >= 0.6 is 0 Å². The van der Waals surface area contributed by atoms with Crippen molar-refractivity contribution >= 4 is 17.9 Å².